The Hall–Kier alpha value is -2.61. The lowest BCUT2D eigenvalue weighted by molar-refractivity contribution is 1.21. The molecule has 0 N–H and O–H groups in total. The van der Waals surface area contributed by atoms with Gasteiger partial charge in [-0.05, 0) is 23.4 Å². The average molecular weight is 387 g/mol. The van der Waals surface area contributed by atoms with Gasteiger partial charge in [-0.25, -0.2) is 0 Å². The number of hydrogen-bond donors (Lipinski definition) is 0. The highest BCUT2D eigenvalue weighted by molar-refractivity contribution is 7.28. The maximum Gasteiger partial charge on any atom is 0.101 e. The number of hydrogen-bond acceptors (Lipinski definition) is 3. The lowest BCUT2D eigenvalue weighted by Gasteiger charge is -2.21. The first kappa shape index (κ1) is 17.8. The number of para-hydroxylation sites is 1. The van der Waals surface area contributed by atoms with Crippen molar-refractivity contribution in [2.24, 2.45) is 0 Å². The Morgan fingerprint density at radius 3 is 2.15 bits per heavy atom. The predicted octanol–water partition coefficient (Wildman–Crippen LogP) is 6.24. The van der Waals surface area contributed by atoms with Gasteiger partial charge < -0.3 is 4.90 Å². The Morgan fingerprint density at radius 2 is 1.44 bits per heavy atom. The molecule has 1 heterocycles. The number of anilines is 2. The van der Waals surface area contributed by atoms with Gasteiger partial charge >= 0.3 is 0 Å². The lowest BCUT2D eigenvalue weighted by Crippen LogP contribution is -2.37. The van der Waals surface area contributed by atoms with Gasteiger partial charge in [-0.1, -0.05) is 62.1 Å². The van der Waals surface area contributed by atoms with Crippen LogP contribution >= 0.6 is 11.3 Å². The number of benzene rings is 3. The fraction of sp³-hybridized carbons (Fsp3) is 0.174. The first-order valence-corrected chi connectivity index (χ1v) is 13.4. The van der Waals surface area contributed by atoms with Crippen LogP contribution < -0.4 is 10.1 Å². The molecule has 0 aliphatic rings. The van der Waals surface area contributed by atoms with E-state index in [1.807, 2.05) is 35.6 Å². The van der Waals surface area contributed by atoms with Crippen LogP contribution in [-0.4, -0.2) is 15.1 Å². The molecule has 0 fully saturated rings. The molecular formula is C23H22N2SSi. The molecule has 0 bridgehead atoms. The van der Waals surface area contributed by atoms with Gasteiger partial charge in [0.05, 0.1) is 29.7 Å². The van der Waals surface area contributed by atoms with E-state index in [0.717, 1.165) is 11.4 Å². The second kappa shape index (κ2) is 6.52. The predicted molar refractivity (Wildman–Crippen MR) is 122 cm³/mol. The molecule has 134 valence electrons. The fourth-order valence-electron chi connectivity index (χ4n) is 3.65. The lowest BCUT2D eigenvalue weighted by atomic mass is 10.1. The van der Waals surface area contributed by atoms with Crippen molar-refractivity contribution in [1.82, 2.24) is 0 Å². The average Bonchev–Trinajstić information content (AvgIpc) is 3.05. The van der Waals surface area contributed by atoms with Crippen molar-refractivity contribution in [3.05, 3.63) is 66.2 Å². The second-order valence-electron chi connectivity index (χ2n) is 7.88. The maximum atomic E-state index is 9.50. The standard InChI is InChI=1S/C23H22N2SSi/c1-25(19-12-6-5-9-16(19)15-24)20-13-7-10-17-18-11-8-14-21(27(2,3)4)23(18)26-22(17)20/h5-14H,1-4H3. The Labute approximate surface area is 165 Å². The van der Waals surface area contributed by atoms with Crippen LogP contribution in [-0.2, 0) is 0 Å². The summed E-state index contributed by atoms with van der Waals surface area (Å²) < 4.78 is 2.70. The third kappa shape index (κ3) is 2.93. The summed E-state index contributed by atoms with van der Waals surface area (Å²) in [6.45, 7) is 7.22. The molecule has 0 radical (unpaired) electrons. The first-order valence-electron chi connectivity index (χ1n) is 9.09. The minimum atomic E-state index is -1.43. The molecule has 0 aliphatic heterocycles. The van der Waals surface area contributed by atoms with E-state index in [4.69, 9.17) is 0 Å². The van der Waals surface area contributed by atoms with E-state index in [-0.39, 0.29) is 0 Å². The third-order valence-electron chi connectivity index (χ3n) is 5.06. The van der Waals surface area contributed by atoms with E-state index in [9.17, 15) is 5.26 Å². The number of fused-ring (bicyclic) bond motifs is 3. The SMILES string of the molecule is CN(c1ccccc1C#N)c1cccc2c1sc1c([Si](C)(C)C)cccc12. The number of nitrogens with zero attached hydrogens (tertiary/aromatic N) is 2. The molecule has 0 unspecified atom stereocenters. The smallest absolute Gasteiger partial charge is 0.101 e. The van der Waals surface area contributed by atoms with Crippen molar-refractivity contribution < 1.29 is 0 Å². The van der Waals surface area contributed by atoms with Gasteiger partial charge in [0, 0.05) is 22.5 Å². The van der Waals surface area contributed by atoms with E-state index in [0.29, 0.717) is 5.56 Å². The van der Waals surface area contributed by atoms with Gasteiger partial charge in [-0.15, -0.1) is 11.3 Å². The zero-order valence-corrected chi connectivity index (χ0v) is 17.9. The largest absolute Gasteiger partial charge is 0.342 e. The summed E-state index contributed by atoms with van der Waals surface area (Å²) >= 11 is 1.89. The van der Waals surface area contributed by atoms with Crippen LogP contribution in [0.3, 0.4) is 0 Å². The van der Waals surface area contributed by atoms with Gasteiger partial charge in [0.2, 0.25) is 0 Å². The maximum absolute atomic E-state index is 9.50. The Bertz CT molecular complexity index is 1190. The molecule has 2 nitrogen and oxygen atoms in total. The van der Waals surface area contributed by atoms with E-state index in [1.165, 1.54) is 25.4 Å². The molecule has 1 aromatic heterocycles. The molecule has 27 heavy (non-hydrogen) atoms. The van der Waals surface area contributed by atoms with Crippen LogP contribution in [0.5, 0.6) is 0 Å². The van der Waals surface area contributed by atoms with Crippen LogP contribution in [0.25, 0.3) is 20.2 Å². The number of thiophene rings is 1. The molecule has 3 aromatic carbocycles. The highest BCUT2D eigenvalue weighted by atomic mass is 32.1. The molecule has 0 spiro atoms. The third-order valence-corrected chi connectivity index (χ3v) is 8.55. The Balaban J connectivity index is 1.99. The summed E-state index contributed by atoms with van der Waals surface area (Å²) in [6.07, 6.45) is 0. The van der Waals surface area contributed by atoms with E-state index in [2.05, 4.69) is 74.1 Å². The minimum absolute atomic E-state index is 0.695. The summed E-state index contributed by atoms with van der Waals surface area (Å²) in [7, 11) is 0.620. The van der Waals surface area contributed by atoms with Crippen LogP contribution in [0.15, 0.2) is 60.7 Å². The van der Waals surface area contributed by atoms with Gasteiger partial charge in [-0.2, -0.15) is 5.26 Å². The molecule has 0 saturated heterocycles. The molecular weight excluding hydrogens is 364 g/mol. The molecule has 4 rings (SSSR count). The second-order valence-corrected chi connectivity index (χ2v) is 13.9. The van der Waals surface area contributed by atoms with E-state index in [1.54, 1.807) is 0 Å². The van der Waals surface area contributed by atoms with Crippen molar-refractivity contribution in [2.45, 2.75) is 19.6 Å². The quantitative estimate of drug-likeness (QED) is 0.390. The van der Waals surface area contributed by atoms with Crippen LogP contribution in [0.4, 0.5) is 11.4 Å². The zero-order chi connectivity index (χ0) is 19.2. The molecule has 0 atom stereocenters. The fourth-order valence-corrected chi connectivity index (χ4v) is 7.40. The van der Waals surface area contributed by atoms with E-state index >= 15 is 0 Å². The molecule has 4 heteroatoms. The Kier molecular flexibility index (Phi) is 4.30. The van der Waals surface area contributed by atoms with Crippen molar-refractivity contribution in [3.63, 3.8) is 0 Å². The highest BCUT2D eigenvalue weighted by Gasteiger charge is 2.22. The van der Waals surface area contributed by atoms with Crippen molar-refractivity contribution in [2.75, 3.05) is 11.9 Å². The minimum Gasteiger partial charge on any atom is -0.342 e. The summed E-state index contributed by atoms with van der Waals surface area (Å²) in [5.41, 5.74) is 2.79. The van der Waals surface area contributed by atoms with Gasteiger partial charge in [-0.3, -0.25) is 0 Å². The molecule has 0 saturated carbocycles. The Morgan fingerprint density at radius 1 is 0.815 bits per heavy atom. The van der Waals surface area contributed by atoms with Crippen molar-refractivity contribution in [3.8, 4) is 6.07 Å². The van der Waals surface area contributed by atoms with Crippen LogP contribution in [0.2, 0.25) is 19.6 Å². The zero-order valence-electron chi connectivity index (χ0n) is 16.1. The monoisotopic (exact) mass is 386 g/mol. The first-order chi connectivity index (χ1) is 12.9. The molecule has 0 aliphatic carbocycles. The normalized spacial score (nSPS) is 11.7. The van der Waals surface area contributed by atoms with Crippen LogP contribution in [0.1, 0.15) is 5.56 Å². The summed E-state index contributed by atoms with van der Waals surface area (Å²) in [4.78, 5) is 2.14. The topological polar surface area (TPSA) is 27.0 Å². The summed E-state index contributed by atoms with van der Waals surface area (Å²) in [5, 5.41) is 13.7. The summed E-state index contributed by atoms with van der Waals surface area (Å²) in [6, 6.07) is 23.3. The van der Waals surface area contributed by atoms with Crippen LogP contribution in [0, 0.1) is 11.3 Å². The molecule has 4 aromatic rings. The van der Waals surface area contributed by atoms with Crippen molar-refractivity contribution >= 4 is 56.1 Å². The van der Waals surface area contributed by atoms with Crippen molar-refractivity contribution in [1.29, 1.82) is 5.26 Å². The summed E-state index contributed by atoms with van der Waals surface area (Å²) in [5.74, 6) is 0. The number of rotatable bonds is 3. The van der Waals surface area contributed by atoms with Gasteiger partial charge in [0.25, 0.3) is 0 Å². The van der Waals surface area contributed by atoms with Gasteiger partial charge in [0.1, 0.15) is 6.07 Å². The number of nitriles is 1. The van der Waals surface area contributed by atoms with Gasteiger partial charge in [0.15, 0.2) is 0 Å². The molecule has 0 amide bonds. The highest BCUT2D eigenvalue weighted by Crippen LogP contribution is 2.41. The van der Waals surface area contributed by atoms with E-state index < -0.39 is 8.07 Å².